The van der Waals surface area contributed by atoms with Gasteiger partial charge in [0, 0.05) is 0 Å². The third-order valence-corrected chi connectivity index (χ3v) is 0.0500. The predicted octanol–water partition coefficient (Wildman–Crippen LogP) is 0.418. The molecule has 0 radical (unpaired) electrons. The molecule has 0 aliphatic rings. The summed E-state index contributed by atoms with van der Waals surface area (Å²) in [6.45, 7) is 0. The van der Waals surface area contributed by atoms with E-state index in [1.165, 1.54) is 12.1 Å². The molecule has 0 aliphatic heterocycles. The smallest absolute Gasteiger partial charge is 0.450 e. The summed E-state index contributed by atoms with van der Waals surface area (Å²) in [6.07, 6.45) is -1.83. The lowest BCUT2D eigenvalue weighted by atomic mass is 10.9. The van der Waals surface area contributed by atoms with Crippen molar-refractivity contribution in [1.29, 1.82) is 10.5 Å². The molecule has 0 aromatic heterocycles. The minimum Gasteiger partial charge on any atom is -0.450 e. The largest absolute Gasteiger partial charge is 0.503 e. The maximum absolute atomic E-state index is 8.56. The zero-order chi connectivity index (χ0) is 6.99. The first-order chi connectivity index (χ1) is 3.65. The number of nitrogens with zero attached hydrogens (tertiary/aromatic N) is 2. The van der Waals surface area contributed by atoms with Gasteiger partial charge in [-0.25, -0.2) is 4.79 Å². The van der Waals surface area contributed by atoms with Crippen molar-refractivity contribution in [3.05, 3.63) is 0 Å². The summed E-state index contributed by atoms with van der Waals surface area (Å²) in [5, 5.41) is 28.5. The van der Waals surface area contributed by atoms with E-state index in [1.54, 1.807) is 0 Å². The van der Waals surface area contributed by atoms with Gasteiger partial charge in [-0.2, -0.15) is 10.5 Å². The van der Waals surface area contributed by atoms with Gasteiger partial charge in [0.15, 0.2) is 12.1 Å². The fourth-order valence-corrected chi connectivity index (χ4v) is 0. The maximum atomic E-state index is 8.56. The van der Waals surface area contributed by atoms with Crippen LogP contribution in [0.2, 0.25) is 0 Å². The van der Waals surface area contributed by atoms with Crippen LogP contribution in [0.3, 0.4) is 0 Å². The lowest BCUT2D eigenvalue weighted by Gasteiger charge is -1.60. The van der Waals surface area contributed by atoms with Crippen LogP contribution in [0, 0.1) is 22.7 Å². The van der Waals surface area contributed by atoms with Gasteiger partial charge in [0.1, 0.15) is 0 Å². The Balaban J connectivity index is -0.0000000720. The third-order valence-electron chi connectivity index (χ3n) is 0.0500. The summed E-state index contributed by atoms with van der Waals surface area (Å²) in [5.41, 5.74) is 0. The number of carbonyl (C=O) groups is 1. The van der Waals surface area contributed by atoms with Crippen LogP contribution in [0.4, 0.5) is 4.79 Å². The molecule has 50 valence electrons. The summed E-state index contributed by atoms with van der Waals surface area (Å²) < 4.78 is 0. The van der Waals surface area contributed by atoms with Crippen LogP contribution < -0.4 is 6.15 Å². The highest BCUT2D eigenvalue weighted by atomic mass is 16.6. The molecule has 9 heavy (non-hydrogen) atoms. The maximum Gasteiger partial charge on any atom is 0.503 e. The Morgan fingerprint density at radius 3 is 1.33 bits per heavy atom. The Morgan fingerprint density at radius 2 is 1.33 bits per heavy atom. The monoisotopic (exact) mass is 131 g/mol. The zero-order valence-electron chi connectivity index (χ0n) is 4.40. The van der Waals surface area contributed by atoms with Crippen LogP contribution in [0.1, 0.15) is 0 Å². The highest BCUT2D eigenvalue weighted by Crippen LogP contribution is 1.42. The molecule has 0 saturated heterocycles. The summed E-state index contributed by atoms with van der Waals surface area (Å²) in [5.74, 6) is 0. The summed E-state index contributed by atoms with van der Waals surface area (Å²) in [7, 11) is 0. The Hall–Kier alpha value is -1.79. The molecule has 0 spiro atoms. The second-order valence-corrected chi connectivity index (χ2v) is 0.506. The van der Waals surface area contributed by atoms with Gasteiger partial charge in [0.25, 0.3) is 0 Å². The molecular weight excluding hydrogens is 126 g/mol. The second-order valence-electron chi connectivity index (χ2n) is 0.506. The molecule has 0 aliphatic carbocycles. The first-order valence-corrected chi connectivity index (χ1v) is 1.35. The molecule has 0 atom stereocenters. The Kier molecular flexibility index (Phi) is 28.5. The van der Waals surface area contributed by atoms with E-state index >= 15 is 0 Å². The fraction of sp³-hybridized carbons (Fsp3) is 0. The number of rotatable bonds is 0. The van der Waals surface area contributed by atoms with Crippen molar-refractivity contribution < 1.29 is 15.0 Å². The molecule has 6 nitrogen and oxygen atoms in total. The van der Waals surface area contributed by atoms with Gasteiger partial charge in [-0.15, -0.1) is 0 Å². The lowest BCUT2D eigenvalue weighted by molar-refractivity contribution is 0.137. The number of carboxylic acid groups (broad SMARTS) is 2. The molecule has 0 aromatic rings. The van der Waals surface area contributed by atoms with Crippen LogP contribution in [-0.2, 0) is 0 Å². The van der Waals surface area contributed by atoms with Crippen LogP contribution in [0.15, 0.2) is 0 Å². The van der Waals surface area contributed by atoms with Gasteiger partial charge in [0.2, 0.25) is 0 Å². The quantitative estimate of drug-likeness (QED) is 0.435. The van der Waals surface area contributed by atoms with Crippen molar-refractivity contribution in [3.63, 3.8) is 0 Å². The molecule has 0 rings (SSSR count). The fourth-order valence-electron chi connectivity index (χ4n) is 0. The van der Waals surface area contributed by atoms with Crippen LogP contribution in [-0.4, -0.2) is 16.4 Å². The average Bonchev–Trinajstić information content (AvgIpc) is 1.65. The van der Waals surface area contributed by atoms with Gasteiger partial charge in [-0.1, -0.05) is 0 Å². The van der Waals surface area contributed by atoms with Crippen molar-refractivity contribution >= 4 is 6.16 Å². The van der Waals surface area contributed by atoms with Gasteiger partial charge < -0.3 is 16.4 Å². The van der Waals surface area contributed by atoms with Gasteiger partial charge in [-0.05, 0) is 0 Å². The summed E-state index contributed by atoms with van der Waals surface area (Å²) in [4.78, 5) is 8.56. The molecule has 0 unspecified atom stereocenters. The first-order valence-electron chi connectivity index (χ1n) is 1.35. The highest BCUT2D eigenvalue weighted by molar-refractivity contribution is 5.53. The van der Waals surface area contributed by atoms with Gasteiger partial charge >= 0.3 is 6.16 Å². The van der Waals surface area contributed by atoms with Crippen LogP contribution in [0.25, 0.3) is 0 Å². The molecule has 5 N–H and O–H groups in total. The van der Waals surface area contributed by atoms with E-state index in [2.05, 4.69) is 0 Å². The Labute approximate surface area is 51.1 Å². The summed E-state index contributed by atoms with van der Waals surface area (Å²) in [6, 6.07) is 2.47. The highest BCUT2D eigenvalue weighted by Gasteiger charge is 1.70. The third kappa shape index (κ3) is 176. The molecule has 6 heteroatoms. The average molecular weight is 131 g/mol. The zero-order valence-corrected chi connectivity index (χ0v) is 4.40. The molecule has 0 saturated carbocycles. The lowest BCUT2D eigenvalue weighted by Crippen LogP contribution is -1.81. The normalized spacial score (nSPS) is 3.78. The number of hydrogen-bond donors (Lipinski definition) is 3. The van der Waals surface area contributed by atoms with Crippen LogP contribution >= 0.6 is 0 Å². The van der Waals surface area contributed by atoms with Gasteiger partial charge in [-0.3, -0.25) is 0 Å². The SMILES string of the molecule is N.N#CC#N.O=C(O)O. The van der Waals surface area contributed by atoms with E-state index in [0.29, 0.717) is 0 Å². The molecule has 0 heterocycles. The van der Waals surface area contributed by atoms with E-state index in [0.717, 1.165) is 0 Å². The molecule has 0 aromatic carbocycles. The standard InChI is InChI=1S/C2N2.CH2O3.H3N/c3-1-2-4;2-1(3)4;/h;(H2,2,3,4);1H3. The second kappa shape index (κ2) is 16.4. The van der Waals surface area contributed by atoms with Crippen molar-refractivity contribution in [2.75, 3.05) is 0 Å². The Morgan fingerprint density at radius 1 is 1.22 bits per heavy atom. The molecular formula is C3H5N3O3. The van der Waals surface area contributed by atoms with Crippen molar-refractivity contribution in [2.24, 2.45) is 0 Å². The molecule has 0 fully saturated rings. The van der Waals surface area contributed by atoms with Crippen LogP contribution in [0.5, 0.6) is 0 Å². The van der Waals surface area contributed by atoms with Crippen molar-refractivity contribution in [3.8, 4) is 12.1 Å². The molecule has 0 amide bonds. The minimum atomic E-state index is -1.83. The minimum absolute atomic E-state index is 0. The number of hydrogen-bond acceptors (Lipinski definition) is 4. The van der Waals surface area contributed by atoms with Crippen molar-refractivity contribution in [1.82, 2.24) is 6.15 Å². The van der Waals surface area contributed by atoms with E-state index in [1.807, 2.05) is 0 Å². The van der Waals surface area contributed by atoms with E-state index < -0.39 is 6.16 Å². The van der Waals surface area contributed by atoms with Crippen molar-refractivity contribution in [2.45, 2.75) is 0 Å². The predicted molar refractivity (Wildman–Crippen MR) is 26.9 cm³/mol. The van der Waals surface area contributed by atoms with E-state index in [4.69, 9.17) is 25.5 Å². The Bertz CT molecular complexity index is 125. The topological polar surface area (TPSA) is 140 Å². The first kappa shape index (κ1) is 15.7. The number of nitriles is 2. The van der Waals surface area contributed by atoms with E-state index in [9.17, 15) is 0 Å². The van der Waals surface area contributed by atoms with Gasteiger partial charge in [0.05, 0.1) is 0 Å². The molecule has 0 bridgehead atoms. The van der Waals surface area contributed by atoms with E-state index in [-0.39, 0.29) is 6.15 Å². The summed E-state index contributed by atoms with van der Waals surface area (Å²) >= 11 is 0.